The van der Waals surface area contributed by atoms with Crippen LogP contribution in [0.25, 0.3) is 0 Å². The van der Waals surface area contributed by atoms with Crippen molar-refractivity contribution in [2.75, 3.05) is 29.9 Å². The van der Waals surface area contributed by atoms with Gasteiger partial charge >= 0.3 is 0 Å². The van der Waals surface area contributed by atoms with E-state index in [4.69, 9.17) is 4.98 Å². The molecule has 0 spiro atoms. The van der Waals surface area contributed by atoms with Gasteiger partial charge in [-0.05, 0) is 68.1 Å². The quantitative estimate of drug-likeness (QED) is 0.637. The molecule has 1 aromatic heterocycles. The Morgan fingerprint density at radius 3 is 2.50 bits per heavy atom. The normalized spacial score (nSPS) is 18.5. The van der Waals surface area contributed by atoms with Crippen LogP contribution in [0.5, 0.6) is 0 Å². The molecule has 1 unspecified atom stereocenters. The van der Waals surface area contributed by atoms with Crippen molar-refractivity contribution in [2.24, 2.45) is 5.92 Å². The average molecular weight is 436 g/mol. The van der Waals surface area contributed by atoms with E-state index in [1.54, 1.807) is 6.92 Å². The number of benzene rings is 1. The number of anilines is 2. The van der Waals surface area contributed by atoms with E-state index in [1.807, 2.05) is 19.2 Å². The molecule has 2 aromatic rings. The molecule has 2 fully saturated rings. The second kappa shape index (κ2) is 10.8. The monoisotopic (exact) mass is 435 g/mol. The van der Waals surface area contributed by atoms with Crippen LogP contribution >= 0.6 is 0 Å². The molecular weight excluding hydrogens is 398 g/mol. The third-order valence-electron chi connectivity index (χ3n) is 6.93. The van der Waals surface area contributed by atoms with Gasteiger partial charge in [-0.1, -0.05) is 37.1 Å². The number of rotatable bonds is 8. The Labute approximate surface area is 192 Å². The molecular formula is C26H37N5O. The fourth-order valence-electron chi connectivity index (χ4n) is 5.18. The topological polar surface area (TPSA) is 70.2 Å². The molecule has 1 saturated heterocycles. The fraction of sp³-hybridized carbons (Fsp3) is 0.577. The first-order valence-electron chi connectivity index (χ1n) is 12.2. The van der Waals surface area contributed by atoms with Crippen LogP contribution in [-0.4, -0.2) is 41.6 Å². The van der Waals surface area contributed by atoms with Crippen LogP contribution in [0.3, 0.4) is 0 Å². The second-order valence-electron chi connectivity index (χ2n) is 9.58. The van der Waals surface area contributed by atoms with E-state index in [9.17, 15) is 4.79 Å². The predicted octanol–water partition coefficient (Wildman–Crippen LogP) is 4.53. The largest absolute Gasteiger partial charge is 0.356 e. The van der Waals surface area contributed by atoms with Gasteiger partial charge in [-0.15, -0.1) is 0 Å². The maximum absolute atomic E-state index is 11.2. The molecule has 2 aliphatic rings. The van der Waals surface area contributed by atoms with Crippen LogP contribution in [0.1, 0.15) is 69.4 Å². The number of nitrogens with zero attached hydrogens (tertiary/aromatic N) is 3. The average Bonchev–Trinajstić information content (AvgIpc) is 3.32. The number of piperidine rings is 1. The molecule has 2 heterocycles. The fourth-order valence-corrected chi connectivity index (χ4v) is 5.18. The van der Waals surface area contributed by atoms with Crippen molar-refractivity contribution in [3.63, 3.8) is 0 Å². The van der Waals surface area contributed by atoms with Crippen molar-refractivity contribution in [1.29, 1.82) is 0 Å². The molecule has 1 saturated carbocycles. The van der Waals surface area contributed by atoms with Crippen LogP contribution in [0.2, 0.25) is 0 Å². The zero-order chi connectivity index (χ0) is 22.3. The van der Waals surface area contributed by atoms with E-state index in [0.29, 0.717) is 5.92 Å². The lowest BCUT2D eigenvalue weighted by atomic mass is 9.88. The van der Waals surface area contributed by atoms with Crippen LogP contribution in [-0.2, 0) is 11.2 Å². The van der Waals surface area contributed by atoms with E-state index < -0.39 is 0 Å². The van der Waals surface area contributed by atoms with Gasteiger partial charge in [0.1, 0.15) is 5.82 Å². The highest BCUT2D eigenvalue weighted by atomic mass is 16.1. The third kappa shape index (κ3) is 6.21. The lowest BCUT2D eigenvalue weighted by Crippen LogP contribution is -2.33. The molecule has 1 aliphatic heterocycles. The summed E-state index contributed by atoms with van der Waals surface area (Å²) in [5.74, 6) is 3.20. The summed E-state index contributed by atoms with van der Waals surface area (Å²) in [7, 11) is 0. The SMILES string of the molecule is CC(=O)NC(C)Cc1ccc(C2CCN(c3ccnc(NCC4CCCC4)n3)CC2)cc1. The Bertz CT molecular complexity index is 870. The van der Waals surface area contributed by atoms with Crippen molar-refractivity contribution in [3.8, 4) is 0 Å². The van der Waals surface area contributed by atoms with E-state index in [0.717, 1.165) is 56.6 Å². The van der Waals surface area contributed by atoms with Gasteiger partial charge in [0.2, 0.25) is 11.9 Å². The summed E-state index contributed by atoms with van der Waals surface area (Å²) in [6.45, 7) is 6.65. The van der Waals surface area contributed by atoms with E-state index in [1.165, 1.54) is 36.8 Å². The smallest absolute Gasteiger partial charge is 0.224 e. The molecule has 172 valence electrons. The zero-order valence-corrected chi connectivity index (χ0v) is 19.5. The summed E-state index contributed by atoms with van der Waals surface area (Å²) in [6, 6.07) is 11.2. The van der Waals surface area contributed by atoms with E-state index in [-0.39, 0.29) is 11.9 Å². The maximum Gasteiger partial charge on any atom is 0.224 e. The molecule has 0 radical (unpaired) electrons. The van der Waals surface area contributed by atoms with Gasteiger partial charge in [-0.3, -0.25) is 4.79 Å². The Morgan fingerprint density at radius 1 is 1.09 bits per heavy atom. The van der Waals surface area contributed by atoms with Gasteiger partial charge in [0, 0.05) is 38.8 Å². The number of hydrogen-bond acceptors (Lipinski definition) is 5. The Kier molecular flexibility index (Phi) is 7.61. The van der Waals surface area contributed by atoms with Crippen molar-refractivity contribution in [3.05, 3.63) is 47.7 Å². The Morgan fingerprint density at radius 2 is 1.81 bits per heavy atom. The number of hydrogen-bond donors (Lipinski definition) is 2. The molecule has 1 amide bonds. The predicted molar refractivity (Wildman–Crippen MR) is 130 cm³/mol. The Hall–Kier alpha value is -2.63. The molecule has 0 bridgehead atoms. The first-order valence-corrected chi connectivity index (χ1v) is 12.2. The van der Waals surface area contributed by atoms with Crippen LogP contribution in [0, 0.1) is 5.92 Å². The van der Waals surface area contributed by atoms with Gasteiger partial charge in [-0.2, -0.15) is 4.98 Å². The van der Waals surface area contributed by atoms with Gasteiger partial charge in [0.15, 0.2) is 0 Å². The van der Waals surface area contributed by atoms with Gasteiger partial charge in [0.25, 0.3) is 0 Å². The summed E-state index contributed by atoms with van der Waals surface area (Å²) in [4.78, 5) is 22.8. The lowest BCUT2D eigenvalue weighted by Gasteiger charge is -2.33. The van der Waals surface area contributed by atoms with Gasteiger partial charge in [-0.25, -0.2) is 4.98 Å². The van der Waals surface area contributed by atoms with Crippen LogP contribution < -0.4 is 15.5 Å². The second-order valence-corrected chi connectivity index (χ2v) is 9.58. The summed E-state index contributed by atoms with van der Waals surface area (Å²) in [6.07, 6.45) is 10.4. The Balaban J connectivity index is 1.27. The number of nitrogens with one attached hydrogen (secondary N) is 2. The summed E-state index contributed by atoms with van der Waals surface area (Å²) in [5, 5.41) is 6.41. The number of carbonyl (C=O) groups is 1. The first-order chi connectivity index (χ1) is 15.6. The minimum atomic E-state index is 0.0290. The highest BCUT2D eigenvalue weighted by molar-refractivity contribution is 5.73. The van der Waals surface area contributed by atoms with E-state index >= 15 is 0 Å². The van der Waals surface area contributed by atoms with Crippen molar-refractivity contribution in [1.82, 2.24) is 15.3 Å². The maximum atomic E-state index is 11.2. The molecule has 6 nitrogen and oxygen atoms in total. The highest BCUT2D eigenvalue weighted by Crippen LogP contribution is 2.30. The number of aromatic nitrogens is 2. The highest BCUT2D eigenvalue weighted by Gasteiger charge is 2.22. The minimum Gasteiger partial charge on any atom is -0.356 e. The van der Waals surface area contributed by atoms with Crippen molar-refractivity contribution in [2.45, 2.75) is 70.8 Å². The summed E-state index contributed by atoms with van der Waals surface area (Å²) < 4.78 is 0. The molecule has 6 heteroatoms. The summed E-state index contributed by atoms with van der Waals surface area (Å²) >= 11 is 0. The molecule has 1 aliphatic carbocycles. The van der Waals surface area contributed by atoms with Crippen LogP contribution in [0.15, 0.2) is 36.5 Å². The third-order valence-corrected chi connectivity index (χ3v) is 6.93. The standard InChI is InChI=1S/C26H37N5O/c1-19(29-20(2)32)17-21-7-9-23(10-8-21)24-12-15-31(16-13-24)25-11-14-27-26(30-25)28-18-22-5-3-4-6-22/h7-11,14,19,22,24H,3-6,12-13,15-18H2,1-2H3,(H,29,32)(H,27,28,30). The lowest BCUT2D eigenvalue weighted by molar-refractivity contribution is -0.119. The molecule has 2 N–H and O–H groups in total. The molecule has 4 rings (SSSR count). The van der Waals surface area contributed by atoms with Gasteiger partial charge in [0.05, 0.1) is 0 Å². The number of amides is 1. The number of carbonyl (C=O) groups excluding carboxylic acids is 1. The summed E-state index contributed by atoms with van der Waals surface area (Å²) in [5.41, 5.74) is 2.69. The zero-order valence-electron chi connectivity index (χ0n) is 19.5. The first kappa shape index (κ1) is 22.6. The molecule has 1 aromatic carbocycles. The van der Waals surface area contributed by atoms with Gasteiger partial charge < -0.3 is 15.5 Å². The molecule has 1 atom stereocenters. The van der Waals surface area contributed by atoms with E-state index in [2.05, 4.69) is 44.8 Å². The molecule has 32 heavy (non-hydrogen) atoms. The minimum absolute atomic E-state index is 0.0290. The van der Waals surface area contributed by atoms with Crippen LogP contribution in [0.4, 0.5) is 11.8 Å². The van der Waals surface area contributed by atoms with Crippen molar-refractivity contribution < 1.29 is 4.79 Å². The van der Waals surface area contributed by atoms with Crippen molar-refractivity contribution >= 4 is 17.7 Å².